The molecule has 1 aliphatic carbocycles. The molecule has 0 spiro atoms. The summed E-state index contributed by atoms with van der Waals surface area (Å²) in [5, 5.41) is 6.51. The number of nitrogen functional groups attached to an aromatic ring is 1. The molecule has 0 unspecified atom stereocenters. The lowest BCUT2D eigenvalue weighted by Crippen LogP contribution is -2.26. The molecule has 0 aliphatic heterocycles. The molecule has 4 aromatic rings. The number of nitrogens with zero attached hydrogens (tertiary/aromatic N) is 5. The van der Waals surface area contributed by atoms with Crippen molar-refractivity contribution in [2.75, 3.05) is 17.2 Å². The van der Waals surface area contributed by atoms with E-state index >= 15 is 0 Å². The highest BCUT2D eigenvalue weighted by Crippen LogP contribution is 2.32. The van der Waals surface area contributed by atoms with Crippen LogP contribution in [0.1, 0.15) is 17.7 Å². The van der Waals surface area contributed by atoms with Crippen LogP contribution in [0.15, 0.2) is 46.4 Å². The average Bonchev–Trinajstić information content (AvgIpc) is 3.09. The first-order valence-electron chi connectivity index (χ1n) is 8.61. The van der Waals surface area contributed by atoms with E-state index in [0.29, 0.717) is 23.2 Å². The van der Waals surface area contributed by atoms with Gasteiger partial charge in [-0.2, -0.15) is 14.5 Å². The fourth-order valence-corrected chi connectivity index (χ4v) is 3.71. The Kier molecular flexibility index (Phi) is 3.63. The molecule has 8 heteroatoms. The van der Waals surface area contributed by atoms with Crippen LogP contribution in [-0.4, -0.2) is 26.1 Å². The van der Waals surface area contributed by atoms with Gasteiger partial charge in [-0.3, -0.25) is 0 Å². The van der Waals surface area contributed by atoms with Crippen molar-refractivity contribution >= 4 is 28.8 Å². The van der Waals surface area contributed by atoms with Gasteiger partial charge in [-0.15, -0.1) is 16.4 Å². The lowest BCUT2D eigenvalue weighted by atomic mass is 10.3. The Balaban J connectivity index is 1.53. The monoisotopic (exact) mass is 366 g/mol. The second kappa shape index (κ2) is 6.14. The molecular formula is C18H18N6OS. The first kappa shape index (κ1) is 15.4. The minimum Gasteiger partial charge on any atom is -0.461 e. The van der Waals surface area contributed by atoms with Crippen molar-refractivity contribution in [2.45, 2.75) is 19.4 Å². The molecule has 5 rings (SSSR count). The molecule has 0 saturated heterocycles. The van der Waals surface area contributed by atoms with Gasteiger partial charge in [-0.05, 0) is 42.3 Å². The Bertz CT molecular complexity index is 1020. The number of anilines is 2. The zero-order valence-corrected chi connectivity index (χ0v) is 14.9. The Hall–Kier alpha value is -2.87. The zero-order chi connectivity index (χ0) is 17.5. The zero-order valence-electron chi connectivity index (χ0n) is 14.1. The predicted octanol–water partition coefficient (Wildman–Crippen LogP) is 3.44. The third-order valence-electron chi connectivity index (χ3n) is 4.49. The first-order valence-corrected chi connectivity index (χ1v) is 9.49. The number of furan rings is 1. The van der Waals surface area contributed by atoms with E-state index < -0.39 is 0 Å². The fourth-order valence-electron chi connectivity index (χ4n) is 2.99. The lowest BCUT2D eigenvalue weighted by molar-refractivity contribution is 0.577. The highest BCUT2D eigenvalue weighted by Gasteiger charge is 2.26. The quantitative estimate of drug-likeness (QED) is 0.562. The number of rotatable bonds is 6. The van der Waals surface area contributed by atoms with Crippen LogP contribution in [-0.2, 0) is 6.54 Å². The van der Waals surface area contributed by atoms with Gasteiger partial charge in [0.15, 0.2) is 5.76 Å². The average molecular weight is 366 g/mol. The Morgan fingerprint density at radius 1 is 1.27 bits per heavy atom. The molecule has 26 heavy (non-hydrogen) atoms. The number of nitrogens with two attached hydrogens (primary N) is 1. The van der Waals surface area contributed by atoms with Gasteiger partial charge in [-0.25, -0.2) is 0 Å². The normalized spacial score (nSPS) is 14.2. The SMILES string of the molecule is Nc1cc(N(Cc2cccs2)CC2CC2)nc2nc(-c3ccco3)nn12. The summed E-state index contributed by atoms with van der Waals surface area (Å²) in [5.41, 5.74) is 6.25. The number of hydrogen-bond donors (Lipinski definition) is 1. The highest BCUT2D eigenvalue weighted by molar-refractivity contribution is 7.09. The smallest absolute Gasteiger partial charge is 0.256 e. The Morgan fingerprint density at radius 3 is 2.92 bits per heavy atom. The molecule has 0 radical (unpaired) electrons. The third kappa shape index (κ3) is 2.92. The van der Waals surface area contributed by atoms with Crippen molar-refractivity contribution in [1.29, 1.82) is 0 Å². The minimum atomic E-state index is 0.485. The molecule has 0 atom stereocenters. The molecular weight excluding hydrogens is 348 g/mol. The van der Waals surface area contributed by atoms with Crippen LogP contribution in [0.4, 0.5) is 11.6 Å². The number of hydrogen-bond acceptors (Lipinski definition) is 7. The van der Waals surface area contributed by atoms with Gasteiger partial charge in [0, 0.05) is 17.5 Å². The van der Waals surface area contributed by atoms with Crippen LogP contribution in [0, 0.1) is 5.92 Å². The number of aromatic nitrogens is 4. The van der Waals surface area contributed by atoms with Crippen LogP contribution in [0.2, 0.25) is 0 Å². The van der Waals surface area contributed by atoms with Gasteiger partial charge < -0.3 is 15.1 Å². The molecule has 4 aromatic heterocycles. The molecule has 4 heterocycles. The van der Waals surface area contributed by atoms with Crippen molar-refractivity contribution in [3.8, 4) is 11.6 Å². The van der Waals surface area contributed by atoms with Gasteiger partial charge >= 0.3 is 0 Å². The fraction of sp³-hybridized carbons (Fsp3) is 0.278. The van der Waals surface area contributed by atoms with Crippen molar-refractivity contribution < 1.29 is 4.42 Å². The third-order valence-corrected chi connectivity index (χ3v) is 5.36. The maximum absolute atomic E-state index is 6.25. The Labute approximate surface area is 154 Å². The second-order valence-electron chi connectivity index (χ2n) is 6.57. The van der Waals surface area contributed by atoms with Gasteiger partial charge in [-0.1, -0.05) is 6.07 Å². The van der Waals surface area contributed by atoms with Crippen LogP contribution >= 0.6 is 11.3 Å². The summed E-state index contributed by atoms with van der Waals surface area (Å²) in [7, 11) is 0. The number of fused-ring (bicyclic) bond motifs is 1. The molecule has 0 amide bonds. The van der Waals surface area contributed by atoms with Gasteiger partial charge in [0.2, 0.25) is 5.82 Å². The molecule has 0 bridgehead atoms. The standard InChI is InChI=1S/C18H18N6OS/c19-15-9-16(23(10-12-5-6-12)11-13-3-2-8-26-13)20-18-21-17(22-24(15)18)14-4-1-7-25-14/h1-4,7-9,12H,5-6,10-11,19H2. The minimum absolute atomic E-state index is 0.485. The summed E-state index contributed by atoms with van der Waals surface area (Å²) in [5.74, 6) is 3.67. The van der Waals surface area contributed by atoms with Crippen molar-refractivity contribution in [2.24, 2.45) is 5.92 Å². The summed E-state index contributed by atoms with van der Waals surface area (Å²) in [6, 6.07) is 9.74. The van der Waals surface area contributed by atoms with Gasteiger partial charge in [0.05, 0.1) is 12.8 Å². The van der Waals surface area contributed by atoms with Crippen molar-refractivity contribution in [3.05, 3.63) is 46.9 Å². The molecule has 1 saturated carbocycles. The molecule has 2 N–H and O–H groups in total. The predicted molar refractivity (Wildman–Crippen MR) is 101 cm³/mol. The van der Waals surface area contributed by atoms with E-state index in [-0.39, 0.29) is 0 Å². The van der Waals surface area contributed by atoms with Crippen molar-refractivity contribution in [3.63, 3.8) is 0 Å². The van der Waals surface area contributed by atoms with Gasteiger partial charge in [0.1, 0.15) is 11.6 Å². The molecule has 1 fully saturated rings. The first-order chi connectivity index (χ1) is 12.8. The molecule has 1 aliphatic rings. The summed E-state index contributed by atoms with van der Waals surface area (Å²) in [6.45, 7) is 1.82. The van der Waals surface area contributed by atoms with E-state index in [0.717, 1.165) is 24.8 Å². The van der Waals surface area contributed by atoms with E-state index in [4.69, 9.17) is 15.1 Å². The Morgan fingerprint density at radius 2 is 2.19 bits per heavy atom. The van der Waals surface area contributed by atoms with Crippen LogP contribution in [0.25, 0.3) is 17.4 Å². The number of thiophene rings is 1. The maximum atomic E-state index is 6.25. The van der Waals surface area contributed by atoms with E-state index in [9.17, 15) is 0 Å². The van der Waals surface area contributed by atoms with Crippen LogP contribution in [0.5, 0.6) is 0 Å². The van der Waals surface area contributed by atoms with E-state index in [1.165, 1.54) is 17.7 Å². The van der Waals surface area contributed by atoms with E-state index in [2.05, 4.69) is 32.5 Å². The maximum Gasteiger partial charge on any atom is 0.256 e. The summed E-state index contributed by atoms with van der Waals surface area (Å²) >= 11 is 1.76. The van der Waals surface area contributed by atoms with Gasteiger partial charge in [0.25, 0.3) is 5.78 Å². The van der Waals surface area contributed by atoms with Crippen molar-refractivity contribution in [1.82, 2.24) is 19.6 Å². The molecule has 0 aromatic carbocycles. The van der Waals surface area contributed by atoms with Crippen LogP contribution < -0.4 is 10.6 Å². The highest BCUT2D eigenvalue weighted by atomic mass is 32.1. The summed E-state index contributed by atoms with van der Waals surface area (Å²) in [4.78, 5) is 12.8. The topological polar surface area (TPSA) is 85.5 Å². The molecule has 132 valence electrons. The summed E-state index contributed by atoms with van der Waals surface area (Å²) in [6.07, 6.45) is 4.17. The lowest BCUT2D eigenvalue weighted by Gasteiger charge is -2.23. The van der Waals surface area contributed by atoms with Crippen LogP contribution in [0.3, 0.4) is 0 Å². The largest absolute Gasteiger partial charge is 0.461 e. The second-order valence-corrected chi connectivity index (χ2v) is 7.60. The van der Waals surface area contributed by atoms with E-state index in [1.54, 1.807) is 22.1 Å². The molecule has 7 nitrogen and oxygen atoms in total. The van der Waals surface area contributed by atoms with E-state index in [1.807, 2.05) is 18.2 Å². The summed E-state index contributed by atoms with van der Waals surface area (Å²) < 4.78 is 6.94.